The number of nitrogens with zero attached hydrogens (tertiary/aromatic N) is 2. The maximum atomic E-state index is 13.8. The molecule has 40 heavy (non-hydrogen) atoms. The van der Waals surface area contributed by atoms with Crippen LogP contribution in [0.15, 0.2) is 67.0 Å². The van der Waals surface area contributed by atoms with E-state index in [1.165, 1.54) is 0 Å². The molecular formula is C31H29F2N3O4. The molecule has 4 aromatic rings. The van der Waals surface area contributed by atoms with E-state index in [0.717, 1.165) is 51.7 Å². The summed E-state index contributed by atoms with van der Waals surface area (Å²) in [6, 6.07) is 15.9. The van der Waals surface area contributed by atoms with Crippen LogP contribution in [0.3, 0.4) is 0 Å². The Morgan fingerprint density at radius 1 is 1.18 bits per heavy atom. The van der Waals surface area contributed by atoms with Gasteiger partial charge in [0.2, 0.25) is 0 Å². The molecule has 0 spiro atoms. The lowest BCUT2D eigenvalue weighted by Gasteiger charge is -2.32. The van der Waals surface area contributed by atoms with Crippen LogP contribution in [-0.2, 0) is 24.3 Å². The zero-order valence-electron chi connectivity index (χ0n) is 21.8. The number of amides is 1. The van der Waals surface area contributed by atoms with Crippen molar-refractivity contribution in [1.82, 2.24) is 9.88 Å². The summed E-state index contributed by atoms with van der Waals surface area (Å²) in [5, 5.41) is 16.3. The van der Waals surface area contributed by atoms with Gasteiger partial charge in [-0.05, 0) is 65.3 Å². The number of phenols is 1. The maximum Gasteiger partial charge on any atom is 0.264 e. The second-order valence-corrected chi connectivity index (χ2v) is 10.2. The van der Waals surface area contributed by atoms with Gasteiger partial charge in [-0.15, -0.1) is 0 Å². The number of rotatable bonds is 7. The molecule has 3 heterocycles. The second kappa shape index (κ2) is 11.1. The summed E-state index contributed by atoms with van der Waals surface area (Å²) < 4.78 is 38.7. The normalized spacial score (nSPS) is 16.8. The summed E-state index contributed by atoms with van der Waals surface area (Å²) in [4.78, 5) is 19.6. The van der Waals surface area contributed by atoms with Crippen LogP contribution < -0.4 is 10.1 Å². The molecule has 2 N–H and O–H groups in total. The number of benzene rings is 3. The van der Waals surface area contributed by atoms with Crippen molar-refractivity contribution in [2.45, 2.75) is 38.5 Å². The van der Waals surface area contributed by atoms with Gasteiger partial charge in [0.05, 0.1) is 12.6 Å². The molecule has 206 valence electrons. The fraction of sp³-hybridized carbons (Fsp3) is 0.290. The van der Waals surface area contributed by atoms with Crippen molar-refractivity contribution in [3.63, 3.8) is 0 Å². The molecule has 1 aromatic heterocycles. The zero-order valence-corrected chi connectivity index (χ0v) is 21.8. The van der Waals surface area contributed by atoms with Gasteiger partial charge in [-0.3, -0.25) is 9.78 Å². The van der Waals surface area contributed by atoms with Crippen molar-refractivity contribution in [2.75, 3.05) is 25.1 Å². The molecule has 0 aliphatic carbocycles. The highest BCUT2D eigenvalue weighted by Crippen LogP contribution is 2.37. The molecular weight excluding hydrogens is 516 g/mol. The van der Waals surface area contributed by atoms with Gasteiger partial charge in [-0.1, -0.05) is 24.3 Å². The number of hydrogen-bond donors (Lipinski definition) is 2. The Kier molecular flexibility index (Phi) is 7.21. The van der Waals surface area contributed by atoms with Crippen LogP contribution in [0.5, 0.6) is 11.5 Å². The van der Waals surface area contributed by atoms with Gasteiger partial charge < -0.3 is 24.8 Å². The van der Waals surface area contributed by atoms with Gasteiger partial charge in [0.25, 0.3) is 12.3 Å². The summed E-state index contributed by atoms with van der Waals surface area (Å²) in [5.41, 5.74) is 3.36. The number of fused-ring (bicyclic) bond motifs is 2. The van der Waals surface area contributed by atoms with Gasteiger partial charge in [0.1, 0.15) is 23.7 Å². The van der Waals surface area contributed by atoms with Crippen LogP contribution in [0.2, 0.25) is 0 Å². The van der Waals surface area contributed by atoms with E-state index in [2.05, 4.69) is 16.4 Å². The molecule has 7 nitrogen and oxygen atoms in total. The van der Waals surface area contributed by atoms with Gasteiger partial charge in [0.15, 0.2) is 0 Å². The van der Waals surface area contributed by atoms with Crippen LogP contribution in [0, 0.1) is 0 Å². The molecule has 1 fully saturated rings. The van der Waals surface area contributed by atoms with Gasteiger partial charge in [-0.25, -0.2) is 8.78 Å². The van der Waals surface area contributed by atoms with E-state index in [0.29, 0.717) is 32.7 Å². The second-order valence-electron chi connectivity index (χ2n) is 10.2. The Hall–Kier alpha value is -4.24. The highest BCUT2D eigenvalue weighted by Gasteiger charge is 2.30. The molecule has 0 saturated carbocycles. The Balaban J connectivity index is 1.28. The van der Waals surface area contributed by atoms with Crippen molar-refractivity contribution in [1.29, 1.82) is 0 Å². The lowest BCUT2D eigenvalue weighted by Crippen LogP contribution is -2.37. The third kappa shape index (κ3) is 5.29. The van der Waals surface area contributed by atoms with Crippen molar-refractivity contribution in [2.24, 2.45) is 0 Å². The van der Waals surface area contributed by atoms with Crippen molar-refractivity contribution in [3.8, 4) is 11.5 Å². The van der Waals surface area contributed by atoms with Crippen molar-refractivity contribution < 1.29 is 28.2 Å². The minimum absolute atomic E-state index is 0.0328. The average molecular weight is 546 g/mol. The van der Waals surface area contributed by atoms with Gasteiger partial charge in [0, 0.05) is 48.7 Å². The lowest BCUT2D eigenvalue weighted by atomic mass is 9.96. The number of alkyl halides is 2. The molecule has 9 heteroatoms. The number of carbonyl (C=O) groups is 1. The van der Waals surface area contributed by atoms with E-state index in [1.807, 2.05) is 36.4 Å². The minimum atomic E-state index is -2.83. The van der Waals surface area contributed by atoms with Crippen LogP contribution in [0.25, 0.3) is 10.8 Å². The largest absolute Gasteiger partial charge is 0.507 e. The number of aromatic nitrogens is 1. The standard InChI is InChI=1S/C31H29F2N3O4/c32-30(33)23-13-27(37)29(28(14-23)40-17-19-4-5-22-15-34-9-6-21(22)12-19)31(38)36-10-7-20-2-1-3-26(25(20)16-36)35-24-8-11-39-18-24/h1-6,9,12-15,24,30,35,37H,7-8,10-11,16-18H2/t24-/m0/s1. The molecule has 1 amide bonds. The summed E-state index contributed by atoms with van der Waals surface area (Å²) in [6.45, 7) is 2.12. The molecule has 1 atom stereocenters. The van der Waals surface area contributed by atoms with Crippen LogP contribution in [-0.4, -0.2) is 46.7 Å². The number of pyridine rings is 1. The van der Waals surface area contributed by atoms with Crippen LogP contribution in [0.1, 0.15) is 45.5 Å². The predicted molar refractivity (Wildman–Crippen MR) is 147 cm³/mol. The maximum absolute atomic E-state index is 13.8. The molecule has 0 radical (unpaired) electrons. The molecule has 2 aliphatic heterocycles. The summed E-state index contributed by atoms with van der Waals surface area (Å²) in [6.07, 6.45) is 2.15. The molecule has 2 aliphatic rings. The number of aromatic hydroxyl groups is 1. The highest BCUT2D eigenvalue weighted by molar-refractivity contribution is 6.00. The van der Waals surface area contributed by atoms with E-state index >= 15 is 0 Å². The number of phenolic OH excluding ortho intramolecular Hbond substituents is 1. The number of halogens is 2. The van der Waals surface area contributed by atoms with E-state index in [9.17, 15) is 18.7 Å². The SMILES string of the molecule is O=C(c1c(O)cc(C(F)F)cc1OCc1ccc2cnccc2c1)N1CCc2cccc(N[C@H]3CCOC3)c2C1. The van der Waals surface area contributed by atoms with E-state index < -0.39 is 23.6 Å². The number of anilines is 1. The van der Waals surface area contributed by atoms with Gasteiger partial charge >= 0.3 is 0 Å². The Labute approximate surface area is 230 Å². The minimum Gasteiger partial charge on any atom is -0.507 e. The molecule has 1 saturated heterocycles. The number of hydrogen-bond acceptors (Lipinski definition) is 6. The summed E-state index contributed by atoms with van der Waals surface area (Å²) >= 11 is 0. The third-order valence-electron chi connectivity index (χ3n) is 7.52. The number of ether oxygens (including phenoxy) is 2. The average Bonchev–Trinajstić information content (AvgIpc) is 3.48. The lowest BCUT2D eigenvalue weighted by molar-refractivity contribution is 0.0726. The first-order valence-electron chi connectivity index (χ1n) is 13.3. The Bertz CT molecular complexity index is 1560. The zero-order chi connectivity index (χ0) is 27.6. The van der Waals surface area contributed by atoms with Crippen molar-refractivity contribution >= 4 is 22.4 Å². The van der Waals surface area contributed by atoms with Crippen LogP contribution in [0.4, 0.5) is 14.5 Å². The molecule has 3 aromatic carbocycles. The first kappa shape index (κ1) is 26.0. The van der Waals surface area contributed by atoms with E-state index in [-0.39, 0.29) is 24.0 Å². The Morgan fingerprint density at radius 2 is 2.08 bits per heavy atom. The molecule has 0 bridgehead atoms. The first-order valence-corrected chi connectivity index (χ1v) is 13.3. The molecule has 6 rings (SSSR count). The number of carbonyl (C=O) groups excluding carboxylic acids is 1. The topological polar surface area (TPSA) is 83.9 Å². The summed E-state index contributed by atoms with van der Waals surface area (Å²) in [7, 11) is 0. The summed E-state index contributed by atoms with van der Waals surface area (Å²) in [5.74, 6) is -1.07. The third-order valence-corrected chi connectivity index (χ3v) is 7.52. The monoisotopic (exact) mass is 545 g/mol. The fourth-order valence-corrected chi connectivity index (χ4v) is 5.38. The Morgan fingerprint density at radius 3 is 2.90 bits per heavy atom. The van der Waals surface area contributed by atoms with Gasteiger partial charge in [-0.2, -0.15) is 0 Å². The highest BCUT2D eigenvalue weighted by atomic mass is 19.3. The smallest absolute Gasteiger partial charge is 0.264 e. The fourth-order valence-electron chi connectivity index (χ4n) is 5.38. The quantitative estimate of drug-likeness (QED) is 0.303. The molecule has 0 unspecified atom stereocenters. The van der Waals surface area contributed by atoms with E-state index in [4.69, 9.17) is 9.47 Å². The number of nitrogens with one attached hydrogen (secondary N) is 1. The van der Waals surface area contributed by atoms with Crippen LogP contribution >= 0.6 is 0 Å². The van der Waals surface area contributed by atoms with Crippen molar-refractivity contribution in [3.05, 3.63) is 94.8 Å². The predicted octanol–water partition coefficient (Wildman–Crippen LogP) is 5.86. The first-order chi connectivity index (χ1) is 19.5. The van der Waals surface area contributed by atoms with E-state index in [1.54, 1.807) is 17.3 Å².